The van der Waals surface area contributed by atoms with Gasteiger partial charge in [-0.25, -0.2) is 0 Å². The van der Waals surface area contributed by atoms with E-state index >= 15 is 0 Å². The average Bonchev–Trinajstić information content (AvgIpc) is 3.22. The van der Waals surface area contributed by atoms with Gasteiger partial charge in [0.25, 0.3) is 0 Å². The summed E-state index contributed by atoms with van der Waals surface area (Å²) in [4.78, 5) is 0.587. The number of ether oxygens (including phenoxy) is 2. The Kier molecular flexibility index (Phi) is 5.44. The van der Waals surface area contributed by atoms with Crippen molar-refractivity contribution < 1.29 is 19.7 Å². The monoisotopic (exact) mass is 432 g/mol. The zero-order chi connectivity index (χ0) is 21.1. The lowest BCUT2D eigenvalue weighted by Crippen LogP contribution is -1.94. The first kappa shape index (κ1) is 19.6. The summed E-state index contributed by atoms with van der Waals surface area (Å²) >= 11 is 2.05. The highest BCUT2D eigenvalue weighted by atomic mass is 32.2. The number of phenols is 2. The summed E-state index contributed by atoms with van der Waals surface area (Å²) in [6, 6.07) is 21.2. The number of fused-ring (bicyclic) bond motifs is 1. The third-order valence-electron chi connectivity index (χ3n) is 4.02. The standard InChI is InChI=1S/C22H12N2O4S2/c23-11-13(12-24)22-29-20-16(25)18(27-14-7-3-1-4-8-14)19(17(26)21(20)30-22)28-15-9-5-2-6-10-15/h1-10,25-26H. The second kappa shape index (κ2) is 8.34. The Labute approximate surface area is 180 Å². The van der Waals surface area contributed by atoms with Crippen LogP contribution in [0.5, 0.6) is 34.5 Å². The minimum atomic E-state index is -0.250. The Bertz CT molecular complexity index is 1140. The maximum Gasteiger partial charge on any atom is 0.216 e. The average molecular weight is 432 g/mol. The molecule has 0 saturated heterocycles. The molecule has 0 fully saturated rings. The molecule has 1 heterocycles. The van der Waals surface area contributed by atoms with Crippen molar-refractivity contribution in [3.05, 3.63) is 70.5 Å². The van der Waals surface area contributed by atoms with Crippen molar-refractivity contribution in [2.75, 3.05) is 0 Å². The summed E-state index contributed by atoms with van der Waals surface area (Å²) < 4.78 is 12.1. The molecular weight excluding hydrogens is 420 g/mol. The van der Waals surface area contributed by atoms with E-state index in [1.165, 1.54) is 0 Å². The third-order valence-corrected chi connectivity index (χ3v) is 6.63. The molecule has 0 unspecified atom stereocenters. The Morgan fingerprint density at radius 2 is 1.10 bits per heavy atom. The summed E-state index contributed by atoms with van der Waals surface area (Å²) in [5, 5.41) is 40.3. The highest BCUT2D eigenvalue weighted by molar-refractivity contribution is 8.24. The minimum absolute atomic E-state index is 0.0638. The van der Waals surface area contributed by atoms with Gasteiger partial charge in [0.05, 0.1) is 14.0 Å². The van der Waals surface area contributed by atoms with Gasteiger partial charge >= 0.3 is 0 Å². The molecule has 0 amide bonds. The SMILES string of the molecule is N#CC(C#N)=C1Sc2c(O)c(Oc3ccccc3)c(Oc3ccccc3)c(O)c2S1. The third kappa shape index (κ3) is 3.62. The van der Waals surface area contributed by atoms with Crippen LogP contribution in [0, 0.1) is 22.7 Å². The van der Waals surface area contributed by atoms with Gasteiger partial charge in [-0.05, 0) is 24.3 Å². The van der Waals surface area contributed by atoms with E-state index in [-0.39, 0.29) is 28.6 Å². The van der Waals surface area contributed by atoms with Crippen LogP contribution in [0.25, 0.3) is 0 Å². The molecule has 30 heavy (non-hydrogen) atoms. The fraction of sp³-hybridized carbons (Fsp3) is 0. The van der Waals surface area contributed by atoms with Crippen LogP contribution < -0.4 is 9.47 Å². The molecule has 0 aliphatic carbocycles. The van der Waals surface area contributed by atoms with Crippen molar-refractivity contribution in [2.45, 2.75) is 9.79 Å². The van der Waals surface area contributed by atoms with Crippen molar-refractivity contribution >= 4 is 23.5 Å². The summed E-state index contributed by atoms with van der Waals surface area (Å²) in [5.74, 6) is 0.246. The topological polar surface area (TPSA) is 107 Å². The number of nitriles is 2. The van der Waals surface area contributed by atoms with Gasteiger partial charge in [0.15, 0.2) is 11.5 Å². The lowest BCUT2D eigenvalue weighted by Gasteiger charge is -2.17. The molecule has 8 heteroatoms. The van der Waals surface area contributed by atoms with Crippen molar-refractivity contribution in [1.29, 1.82) is 10.5 Å². The highest BCUT2D eigenvalue weighted by Crippen LogP contribution is 2.65. The quantitative estimate of drug-likeness (QED) is 0.374. The largest absolute Gasteiger partial charge is 0.503 e. The number of phenolic OH excluding ortho intramolecular Hbond substituents is 2. The maximum absolute atomic E-state index is 11.0. The van der Waals surface area contributed by atoms with Crippen molar-refractivity contribution in [1.82, 2.24) is 0 Å². The van der Waals surface area contributed by atoms with E-state index in [1.807, 2.05) is 24.3 Å². The minimum Gasteiger partial charge on any atom is -0.503 e. The molecule has 0 bridgehead atoms. The first-order chi connectivity index (χ1) is 14.6. The molecule has 6 nitrogen and oxygen atoms in total. The molecule has 4 rings (SSSR count). The van der Waals surface area contributed by atoms with Crippen LogP contribution in [0.15, 0.2) is 80.3 Å². The molecule has 0 spiro atoms. The Morgan fingerprint density at radius 1 is 0.700 bits per heavy atom. The van der Waals surface area contributed by atoms with Crippen molar-refractivity contribution in [2.24, 2.45) is 0 Å². The first-order valence-electron chi connectivity index (χ1n) is 8.60. The Balaban J connectivity index is 1.88. The Hall–Kier alpha value is -3.72. The molecule has 3 aromatic carbocycles. The number of rotatable bonds is 4. The van der Waals surface area contributed by atoms with E-state index < -0.39 is 0 Å². The lowest BCUT2D eigenvalue weighted by molar-refractivity contribution is 0.346. The van der Waals surface area contributed by atoms with Crippen LogP contribution in [0.2, 0.25) is 0 Å². The molecule has 3 aromatic rings. The van der Waals surface area contributed by atoms with Crippen LogP contribution in [0.3, 0.4) is 0 Å². The molecule has 0 atom stereocenters. The molecule has 146 valence electrons. The van der Waals surface area contributed by atoms with E-state index in [4.69, 9.17) is 9.47 Å². The summed E-state index contributed by atoms with van der Waals surface area (Å²) in [6.07, 6.45) is 0. The summed E-state index contributed by atoms with van der Waals surface area (Å²) in [6.45, 7) is 0. The van der Waals surface area contributed by atoms with Gasteiger partial charge < -0.3 is 19.7 Å². The van der Waals surface area contributed by atoms with Crippen LogP contribution >= 0.6 is 23.5 Å². The number of aromatic hydroxyl groups is 2. The predicted molar refractivity (Wildman–Crippen MR) is 113 cm³/mol. The predicted octanol–water partition coefficient (Wildman–Crippen LogP) is 6.14. The number of hydrogen-bond donors (Lipinski definition) is 2. The van der Waals surface area contributed by atoms with Gasteiger partial charge in [-0.2, -0.15) is 10.5 Å². The van der Waals surface area contributed by atoms with Crippen LogP contribution in [-0.4, -0.2) is 10.2 Å². The van der Waals surface area contributed by atoms with Crippen molar-refractivity contribution in [3.8, 4) is 46.6 Å². The number of allylic oxidation sites excluding steroid dienone is 1. The van der Waals surface area contributed by atoms with Gasteiger partial charge in [-0.15, -0.1) is 0 Å². The van der Waals surface area contributed by atoms with Gasteiger partial charge in [-0.3, -0.25) is 0 Å². The van der Waals surface area contributed by atoms with E-state index in [1.54, 1.807) is 48.5 Å². The van der Waals surface area contributed by atoms with Gasteiger partial charge in [0.2, 0.25) is 11.5 Å². The number of hydrogen-bond acceptors (Lipinski definition) is 8. The fourth-order valence-electron chi connectivity index (χ4n) is 2.65. The smallest absolute Gasteiger partial charge is 0.216 e. The van der Waals surface area contributed by atoms with Crippen molar-refractivity contribution in [3.63, 3.8) is 0 Å². The maximum atomic E-state index is 11.0. The number of para-hydroxylation sites is 2. The van der Waals surface area contributed by atoms with Crippen LogP contribution in [0.1, 0.15) is 0 Å². The van der Waals surface area contributed by atoms with Gasteiger partial charge in [0, 0.05) is 0 Å². The molecule has 0 aromatic heterocycles. The molecule has 2 N–H and O–H groups in total. The van der Waals surface area contributed by atoms with E-state index in [2.05, 4.69) is 0 Å². The number of benzene rings is 3. The summed E-state index contributed by atoms with van der Waals surface area (Å²) in [7, 11) is 0. The second-order valence-corrected chi connectivity index (χ2v) is 8.23. The second-order valence-electron chi connectivity index (χ2n) is 5.93. The van der Waals surface area contributed by atoms with E-state index in [0.29, 0.717) is 25.5 Å². The number of thioether (sulfide) groups is 2. The summed E-state index contributed by atoms with van der Waals surface area (Å²) in [5.41, 5.74) is -0.101. The molecule has 0 saturated carbocycles. The van der Waals surface area contributed by atoms with Crippen LogP contribution in [-0.2, 0) is 0 Å². The normalized spacial score (nSPS) is 11.9. The molecular formula is C22H12N2O4S2. The van der Waals surface area contributed by atoms with Crippen LogP contribution in [0.4, 0.5) is 0 Å². The molecule has 1 aliphatic heterocycles. The highest BCUT2D eigenvalue weighted by Gasteiger charge is 2.34. The number of nitrogens with zero attached hydrogens (tertiary/aromatic N) is 2. The fourth-order valence-corrected chi connectivity index (χ4v) is 5.08. The van der Waals surface area contributed by atoms with E-state index in [0.717, 1.165) is 23.5 Å². The van der Waals surface area contributed by atoms with Gasteiger partial charge in [0.1, 0.15) is 29.2 Å². The van der Waals surface area contributed by atoms with Gasteiger partial charge in [-0.1, -0.05) is 59.9 Å². The Morgan fingerprint density at radius 3 is 1.47 bits per heavy atom. The first-order valence-corrected chi connectivity index (χ1v) is 10.2. The molecule has 1 aliphatic rings. The lowest BCUT2D eigenvalue weighted by atomic mass is 10.2. The zero-order valence-corrected chi connectivity index (χ0v) is 16.8. The zero-order valence-electron chi connectivity index (χ0n) is 15.2. The molecule has 0 radical (unpaired) electrons. The van der Waals surface area contributed by atoms with E-state index in [9.17, 15) is 20.7 Å².